The first-order valence-electron chi connectivity index (χ1n) is 5.29. The van der Waals surface area contributed by atoms with Crippen molar-refractivity contribution in [1.29, 1.82) is 0 Å². The number of anilines is 1. The lowest BCUT2D eigenvalue weighted by atomic mass is 10.1. The number of carbonyl (C=O) groups is 1. The molecule has 0 spiro atoms. The second-order valence-corrected chi connectivity index (χ2v) is 3.69. The van der Waals surface area contributed by atoms with Gasteiger partial charge in [-0.1, -0.05) is 6.07 Å². The maximum absolute atomic E-state index is 11.0. The summed E-state index contributed by atoms with van der Waals surface area (Å²) in [6.07, 6.45) is 0.516. The van der Waals surface area contributed by atoms with E-state index in [1.54, 1.807) is 12.1 Å². The van der Waals surface area contributed by atoms with Crippen LogP contribution in [-0.2, 0) is 4.74 Å². The van der Waals surface area contributed by atoms with E-state index in [0.717, 1.165) is 0 Å². The number of hydrogen-bond donors (Lipinski definition) is 0. The zero-order chi connectivity index (χ0) is 12.3. The molecule has 0 aliphatic carbocycles. The topological polar surface area (TPSA) is 72.7 Å². The number of para-hydroxylation sites is 1. The first-order valence-corrected chi connectivity index (χ1v) is 5.29. The highest BCUT2D eigenvalue weighted by Gasteiger charge is 2.24. The molecule has 2 rings (SSSR count). The molecule has 1 aromatic carbocycles. The van der Waals surface area contributed by atoms with Gasteiger partial charge in [-0.2, -0.15) is 0 Å². The van der Waals surface area contributed by atoms with Crippen LogP contribution in [-0.4, -0.2) is 37.5 Å². The number of halogens is 1. The molecule has 0 saturated carbocycles. The standard InChI is InChI=1S/C11H12N2O4.ClH/c14-8-9-2-1-3-10(11(9)13(15)16)12-4-6-17-7-5-12;/h1-3,8H,4-7H2;1H. The number of nitrogens with zero attached hydrogens (tertiary/aromatic N) is 2. The van der Waals surface area contributed by atoms with Gasteiger partial charge in [0.05, 0.1) is 23.7 Å². The number of nitro groups is 1. The predicted molar refractivity (Wildman–Crippen MR) is 68.8 cm³/mol. The van der Waals surface area contributed by atoms with Crippen LogP contribution in [0.25, 0.3) is 0 Å². The second kappa shape index (κ2) is 6.32. The van der Waals surface area contributed by atoms with Gasteiger partial charge in [0.2, 0.25) is 0 Å². The van der Waals surface area contributed by atoms with E-state index in [-0.39, 0.29) is 23.7 Å². The summed E-state index contributed by atoms with van der Waals surface area (Å²) < 4.78 is 5.20. The van der Waals surface area contributed by atoms with E-state index >= 15 is 0 Å². The molecule has 1 aliphatic heterocycles. The van der Waals surface area contributed by atoms with Crippen LogP contribution in [0.2, 0.25) is 0 Å². The molecule has 0 unspecified atom stereocenters. The maximum Gasteiger partial charge on any atom is 0.302 e. The van der Waals surface area contributed by atoms with Crippen LogP contribution in [0.1, 0.15) is 10.4 Å². The van der Waals surface area contributed by atoms with Crippen molar-refractivity contribution in [2.24, 2.45) is 0 Å². The van der Waals surface area contributed by atoms with Gasteiger partial charge >= 0.3 is 5.69 Å². The van der Waals surface area contributed by atoms with Crippen molar-refractivity contribution in [2.75, 3.05) is 31.2 Å². The minimum Gasteiger partial charge on any atom is -0.378 e. The summed E-state index contributed by atoms with van der Waals surface area (Å²) in [5.74, 6) is 0. The molecule has 0 atom stereocenters. The Labute approximate surface area is 110 Å². The van der Waals surface area contributed by atoms with Crippen LogP contribution < -0.4 is 4.90 Å². The summed E-state index contributed by atoms with van der Waals surface area (Å²) in [6, 6.07) is 4.77. The average Bonchev–Trinajstić information content (AvgIpc) is 2.38. The number of ether oxygens (including phenoxy) is 1. The number of aldehydes is 1. The van der Waals surface area contributed by atoms with E-state index in [0.29, 0.717) is 38.3 Å². The zero-order valence-corrected chi connectivity index (χ0v) is 10.4. The highest BCUT2D eigenvalue weighted by atomic mass is 35.5. The normalized spacial score (nSPS) is 14.8. The Bertz CT molecular complexity index is 447. The lowest BCUT2D eigenvalue weighted by Gasteiger charge is -2.28. The summed E-state index contributed by atoms with van der Waals surface area (Å²) in [5, 5.41) is 11.0. The van der Waals surface area contributed by atoms with E-state index < -0.39 is 4.92 Å². The lowest BCUT2D eigenvalue weighted by Crippen LogP contribution is -2.36. The fraction of sp³-hybridized carbons (Fsp3) is 0.364. The van der Waals surface area contributed by atoms with Gasteiger partial charge in [-0.15, -0.1) is 12.4 Å². The molecule has 7 heteroatoms. The molecule has 1 heterocycles. The van der Waals surface area contributed by atoms with Gasteiger partial charge < -0.3 is 9.64 Å². The van der Waals surface area contributed by atoms with Crippen LogP contribution in [0, 0.1) is 10.1 Å². The van der Waals surface area contributed by atoms with E-state index in [2.05, 4.69) is 0 Å². The molecule has 0 N–H and O–H groups in total. The fourth-order valence-electron chi connectivity index (χ4n) is 1.90. The third kappa shape index (κ3) is 2.77. The number of morpholine rings is 1. The molecule has 0 radical (unpaired) electrons. The van der Waals surface area contributed by atoms with Crippen LogP contribution in [0.15, 0.2) is 18.2 Å². The smallest absolute Gasteiger partial charge is 0.302 e. The third-order valence-corrected chi connectivity index (χ3v) is 2.71. The fourth-order valence-corrected chi connectivity index (χ4v) is 1.90. The monoisotopic (exact) mass is 272 g/mol. The predicted octanol–water partition coefficient (Wildman–Crippen LogP) is 1.67. The van der Waals surface area contributed by atoms with Gasteiger partial charge in [-0.25, -0.2) is 0 Å². The Balaban J connectivity index is 0.00000162. The summed E-state index contributed by atoms with van der Waals surface area (Å²) in [7, 11) is 0. The van der Waals surface area contributed by atoms with Gasteiger partial charge in [-0.05, 0) is 12.1 Å². The zero-order valence-electron chi connectivity index (χ0n) is 9.57. The number of benzene rings is 1. The third-order valence-electron chi connectivity index (χ3n) is 2.71. The van der Waals surface area contributed by atoms with Crippen molar-refractivity contribution in [2.45, 2.75) is 0 Å². The van der Waals surface area contributed by atoms with Gasteiger partial charge in [0.25, 0.3) is 0 Å². The molecule has 1 saturated heterocycles. The van der Waals surface area contributed by atoms with Crippen LogP contribution in [0.4, 0.5) is 11.4 Å². The molecule has 98 valence electrons. The van der Waals surface area contributed by atoms with Crippen molar-refractivity contribution >= 4 is 30.1 Å². The molecule has 0 bridgehead atoms. The molecule has 0 amide bonds. The van der Waals surface area contributed by atoms with E-state index in [4.69, 9.17) is 4.74 Å². The molecule has 18 heavy (non-hydrogen) atoms. The SMILES string of the molecule is Cl.O=Cc1cccc(N2CCOCC2)c1[N+](=O)[O-]. The summed E-state index contributed by atoms with van der Waals surface area (Å²) in [5.41, 5.74) is 0.478. The largest absolute Gasteiger partial charge is 0.378 e. The van der Waals surface area contributed by atoms with E-state index in [9.17, 15) is 14.9 Å². The van der Waals surface area contributed by atoms with Gasteiger partial charge in [-0.3, -0.25) is 14.9 Å². The van der Waals surface area contributed by atoms with Crippen molar-refractivity contribution in [3.63, 3.8) is 0 Å². The van der Waals surface area contributed by atoms with Crippen molar-refractivity contribution in [3.8, 4) is 0 Å². The molecule has 1 fully saturated rings. The van der Waals surface area contributed by atoms with Crippen molar-refractivity contribution in [1.82, 2.24) is 0 Å². The number of carbonyl (C=O) groups excluding carboxylic acids is 1. The minimum absolute atomic E-state index is 0. The van der Waals surface area contributed by atoms with Crippen LogP contribution in [0.5, 0.6) is 0 Å². The van der Waals surface area contributed by atoms with Crippen molar-refractivity contribution < 1.29 is 14.5 Å². The number of hydrogen-bond acceptors (Lipinski definition) is 5. The Hall–Kier alpha value is -1.66. The molecular formula is C11H13ClN2O4. The van der Waals surface area contributed by atoms with Gasteiger partial charge in [0.1, 0.15) is 5.69 Å². The maximum atomic E-state index is 11.0. The van der Waals surface area contributed by atoms with Crippen LogP contribution in [0.3, 0.4) is 0 Å². The Morgan fingerprint density at radius 1 is 1.33 bits per heavy atom. The number of rotatable bonds is 3. The quantitative estimate of drug-likeness (QED) is 0.475. The number of nitro benzene ring substituents is 1. The van der Waals surface area contributed by atoms with E-state index in [1.807, 2.05) is 4.90 Å². The Kier molecular flexibility index (Phi) is 5.06. The Morgan fingerprint density at radius 2 is 2.00 bits per heavy atom. The van der Waals surface area contributed by atoms with Gasteiger partial charge in [0.15, 0.2) is 6.29 Å². The molecule has 6 nitrogen and oxygen atoms in total. The Morgan fingerprint density at radius 3 is 2.56 bits per heavy atom. The minimum atomic E-state index is -0.505. The molecule has 1 aliphatic rings. The van der Waals surface area contributed by atoms with Crippen molar-refractivity contribution in [3.05, 3.63) is 33.9 Å². The molecule has 1 aromatic rings. The van der Waals surface area contributed by atoms with Crippen LogP contribution >= 0.6 is 12.4 Å². The summed E-state index contributed by atoms with van der Waals surface area (Å²) >= 11 is 0. The van der Waals surface area contributed by atoms with E-state index in [1.165, 1.54) is 6.07 Å². The second-order valence-electron chi connectivity index (χ2n) is 3.69. The highest BCUT2D eigenvalue weighted by molar-refractivity contribution is 5.87. The summed E-state index contributed by atoms with van der Waals surface area (Å²) in [6.45, 7) is 2.29. The first-order chi connectivity index (χ1) is 8.24. The summed E-state index contributed by atoms with van der Waals surface area (Å²) in [4.78, 5) is 23.2. The lowest BCUT2D eigenvalue weighted by molar-refractivity contribution is -0.384. The van der Waals surface area contributed by atoms with Gasteiger partial charge in [0, 0.05) is 13.1 Å². The molecular weight excluding hydrogens is 260 g/mol. The first kappa shape index (κ1) is 14.4. The molecule has 0 aromatic heterocycles. The highest BCUT2D eigenvalue weighted by Crippen LogP contribution is 2.31. The average molecular weight is 273 g/mol.